The number of benzene rings is 1. The van der Waals surface area contributed by atoms with E-state index in [2.05, 4.69) is 15.0 Å². The molecule has 13 heteroatoms. The number of hydrogen-bond acceptors (Lipinski definition) is 7. The zero-order chi connectivity index (χ0) is 25.8. The summed E-state index contributed by atoms with van der Waals surface area (Å²) in [6, 6.07) is 4.97. The summed E-state index contributed by atoms with van der Waals surface area (Å²) in [6.45, 7) is 0.368. The molecule has 0 aromatic heterocycles. The van der Waals surface area contributed by atoms with E-state index in [-0.39, 0.29) is 18.3 Å². The van der Waals surface area contributed by atoms with Crippen molar-refractivity contribution in [1.82, 2.24) is 14.9 Å². The Hall–Kier alpha value is -3.19. The maximum Gasteiger partial charge on any atom is 0.241 e. The van der Waals surface area contributed by atoms with Gasteiger partial charge < -0.3 is 31.2 Å². The van der Waals surface area contributed by atoms with Crippen molar-refractivity contribution in [2.24, 2.45) is 16.5 Å². The van der Waals surface area contributed by atoms with Crippen LogP contribution in [0.25, 0.3) is 0 Å². The first kappa shape index (κ1) is 28.1. The number of rotatable bonds is 13. The zero-order valence-corrected chi connectivity index (χ0v) is 20.6. The van der Waals surface area contributed by atoms with Crippen molar-refractivity contribution in [3.8, 4) is 5.75 Å². The number of nitrogens with one attached hydrogen (secondary N) is 2. The largest absolute Gasteiger partial charge is 0.497 e. The van der Waals surface area contributed by atoms with Gasteiger partial charge in [0.05, 0.1) is 25.4 Å². The molecular weight excluding hydrogens is 476 g/mol. The summed E-state index contributed by atoms with van der Waals surface area (Å²) in [5.74, 6) is -0.801. The van der Waals surface area contributed by atoms with Gasteiger partial charge in [-0.15, -0.1) is 0 Å². The monoisotopic (exact) mass is 510 g/mol. The summed E-state index contributed by atoms with van der Waals surface area (Å²) in [7, 11) is -2.34. The highest BCUT2D eigenvalue weighted by atomic mass is 32.2. The number of carbonyl (C=O) groups excluding carboxylic acids is 3. The highest BCUT2D eigenvalue weighted by Crippen LogP contribution is 2.17. The van der Waals surface area contributed by atoms with Crippen LogP contribution in [0, 0.1) is 0 Å². The van der Waals surface area contributed by atoms with Crippen LogP contribution in [0.15, 0.2) is 29.3 Å². The topological polar surface area (TPSA) is 186 Å². The Bertz CT molecular complexity index is 1010. The molecule has 1 saturated heterocycles. The summed E-state index contributed by atoms with van der Waals surface area (Å²) < 4.78 is 33.1. The number of ether oxygens (including phenoxy) is 1. The van der Waals surface area contributed by atoms with Gasteiger partial charge in [0.25, 0.3) is 0 Å². The van der Waals surface area contributed by atoms with Crippen LogP contribution < -0.4 is 26.2 Å². The van der Waals surface area contributed by atoms with Crippen LogP contribution in [-0.4, -0.2) is 76.2 Å². The molecule has 1 heterocycles. The van der Waals surface area contributed by atoms with Crippen LogP contribution in [-0.2, 0) is 30.2 Å². The minimum atomic E-state index is -3.83. The molecule has 0 bridgehead atoms. The number of hydrogen-bond donors (Lipinski definition) is 4. The van der Waals surface area contributed by atoms with Crippen LogP contribution in [0.1, 0.15) is 37.7 Å². The number of carbonyl (C=O) groups is 3. The lowest BCUT2D eigenvalue weighted by Crippen LogP contribution is -2.51. The molecule has 2 atom stereocenters. The molecule has 0 unspecified atom stereocenters. The van der Waals surface area contributed by atoms with E-state index in [0.717, 1.165) is 0 Å². The van der Waals surface area contributed by atoms with E-state index >= 15 is 0 Å². The SMILES string of the molecule is COc1cccc(CS(=O)(=O)N[C@H]2CCCCN(CC(=O)N[C@H](C=O)CCCN=C(N)N)C2=O)c1. The quantitative estimate of drug-likeness (QED) is 0.115. The van der Waals surface area contributed by atoms with Crippen molar-refractivity contribution in [2.75, 3.05) is 26.7 Å². The molecule has 35 heavy (non-hydrogen) atoms. The molecule has 0 aliphatic carbocycles. The minimum Gasteiger partial charge on any atom is -0.497 e. The van der Waals surface area contributed by atoms with E-state index in [1.54, 1.807) is 24.3 Å². The number of amides is 2. The van der Waals surface area contributed by atoms with Crippen molar-refractivity contribution in [2.45, 2.75) is 49.9 Å². The number of aliphatic imine (C=N–C) groups is 1. The van der Waals surface area contributed by atoms with Gasteiger partial charge in [-0.1, -0.05) is 12.1 Å². The van der Waals surface area contributed by atoms with Gasteiger partial charge in [-0.3, -0.25) is 14.6 Å². The van der Waals surface area contributed by atoms with Crippen molar-refractivity contribution in [3.63, 3.8) is 0 Å². The van der Waals surface area contributed by atoms with Gasteiger partial charge in [-0.05, 0) is 49.8 Å². The summed E-state index contributed by atoms with van der Waals surface area (Å²) in [5, 5.41) is 2.59. The van der Waals surface area contributed by atoms with E-state index in [4.69, 9.17) is 16.2 Å². The highest BCUT2D eigenvalue weighted by Gasteiger charge is 2.31. The van der Waals surface area contributed by atoms with E-state index in [0.29, 0.717) is 62.8 Å². The lowest BCUT2D eigenvalue weighted by molar-refractivity contribution is -0.137. The number of likely N-dealkylation sites (tertiary alicyclic amines) is 1. The average Bonchev–Trinajstić information content (AvgIpc) is 2.96. The Balaban J connectivity index is 1.95. The predicted octanol–water partition coefficient (Wildman–Crippen LogP) is -0.767. The van der Waals surface area contributed by atoms with E-state index in [9.17, 15) is 22.8 Å². The summed E-state index contributed by atoms with van der Waals surface area (Å²) in [4.78, 5) is 42.0. The molecule has 194 valence electrons. The summed E-state index contributed by atoms with van der Waals surface area (Å²) in [5.41, 5.74) is 11.0. The molecular formula is C22H34N6O6S. The highest BCUT2D eigenvalue weighted by molar-refractivity contribution is 7.88. The van der Waals surface area contributed by atoms with Crippen molar-refractivity contribution in [1.29, 1.82) is 0 Å². The second-order valence-electron chi connectivity index (χ2n) is 8.30. The molecule has 0 radical (unpaired) electrons. The Morgan fingerprint density at radius 2 is 2.11 bits per heavy atom. The molecule has 1 aliphatic heterocycles. The predicted molar refractivity (Wildman–Crippen MR) is 131 cm³/mol. The van der Waals surface area contributed by atoms with Gasteiger partial charge in [0.2, 0.25) is 21.8 Å². The fraction of sp³-hybridized carbons (Fsp3) is 0.545. The molecule has 1 aromatic carbocycles. The van der Waals surface area contributed by atoms with E-state index in [1.807, 2.05) is 0 Å². The third kappa shape index (κ3) is 9.91. The van der Waals surface area contributed by atoms with Gasteiger partial charge >= 0.3 is 0 Å². The number of nitrogens with two attached hydrogens (primary N) is 2. The first-order chi connectivity index (χ1) is 16.6. The van der Waals surface area contributed by atoms with Gasteiger partial charge in [0, 0.05) is 13.1 Å². The molecule has 1 aromatic rings. The standard InChI is InChI=1S/C22H34N6O6S/c1-34-18-8-4-6-16(12-18)15-35(32,33)27-19-9-2-3-11-28(21(19)31)13-20(30)26-17(14-29)7-5-10-25-22(23)24/h4,6,8,12,14,17,19,27H,2-3,5,7,9-11,13,15H2,1H3,(H,26,30)(H4,23,24,25)/t17-,19-/m0/s1. The summed E-state index contributed by atoms with van der Waals surface area (Å²) >= 11 is 0. The second kappa shape index (κ2) is 13.6. The van der Waals surface area contributed by atoms with Gasteiger partial charge in [-0.25, -0.2) is 13.1 Å². The minimum absolute atomic E-state index is 0.0509. The third-order valence-electron chi connectivity index (χ3n) is 5.41. The fourth-order valence-corrected chi connectivity index (χ4v) is 5.08. The molecule has 0 saturated carbocycles. The van der Waals surface area contributed by atoms with E-state index in [1.165, 1.54) is 12.0 Å². The first-order valence-electron chi connectivity index (χ1n) is 11.4. The second-order valence-corrected chi connectivity index (χ2v) is 10.0. The lowest BCUT2D eigenvalue weighted by Gasteiger charge is -2.25. The Morgan fingerprint density at radius 1 is 1.34 bits per heavy atom. The third-order valence-corrected chi connectivity index (χ3v) is 6.76. The van der Waals surface area contributed by atoms with Crippen LogP contribution in [0.4, 0.5) is 0 Å². The van der Waals surface area contributed by atoms with Gasteiger partial charge in [0.15, 0.2) is 5.96 Å². The summed E-state index contributed by atoms with van der Waals surface area (Å²) in [6.07, 6.45) is 3.03. The Labute approximate surface area is 205 Å². The molecule has 6 N–H and O–H groups in total. The van der Waals surface area contributed by atoms with Crippen LogP contribution in [0.5, 0.6) is 5.75 Å². The number of methoxy groups -OCH3 is 1. The molecule has 0 spiro atoms. The van der Waals surface area contributed by atoms with Crippen molar-refractivity contribution in [3.05, 3.63) is 29.8 Å². The maximum absolute atomic E-state index is 13.0. The first-order valence-corrected chi connectivity index (χ1v) is 13.0. The zero-order valence-electron chi connectivity index (χ0n) is 19.8. The number of nitrogens with zero attached hydrogens (tertiary/aromatic N) is 2. The van der Waals surface area contributed by atoms with E-state index < -0.39 is 33.9 Å². The van der Waals surface area contributed by atoms with Crippen LogP contribution in [0.2, 0.25) is 0 Å². The van der Waals surface area contributed by atoms with Gasteiger partial charge in [0.1, 0.15) is 18.1 Å². The molecule has 1 fully saturated rings. The number of aldehydes is 1. The number of sulfonamides is 1. The maximum atomic E-state index is 13.0. The molecule has 1 aliphatic rings. The van der Waals surface area contributed by atoms with Crippen LogP contribution in [0.3, 0.4) is 0 Å². The lowest BCUT2D eigenvalue weighted by atomic mass is 10.1. The van der Waals surface area contributed by atoms with Gasteiger partial charge in [-0.2, -0.15) is 0 Å². The molecule has 12 nitrogen and oxygen atoms in total. The van der Waals surface area contributed by atoms with Crippen LogP contribution >= 0.6 is 0 Å². The molecule has 2 rings (SSSR count). The van der Waals surface area contributed by atoms with Crippen molar-refractivity contribution < 1.29 is 27.5 Å². The molecule has 2 amide bonds. The van der Waals surface area contributed by atoms with Crippen molar-refractivity contribution >= 4 is 34.1 Å². The smallest absolute Gasteiger partial charge is 0.241 e. The normalized spacial score (nSPS) is 17.2. The Morgan fingerprint density at radius 3 is 2.80 bits per heavy atom. The average molecular weight is 511 g/mol. The number of guanidine groups is 1. The fourth-order valence-electron chi connectivity index (χ4n) is 3.73. The Kier molecular flexibility index (Phi) is 10.9.